The molecule has 0 spiro atoms. The number of carbonyl (C=O) groups is 3. The predicted octanol–water partition coefficient (Wildman–Crippen LogP) is -0.475. The molecule has 0 saturated carbocycles. The van der Waals surface area contributed by atoms with Gasteiger partial charge in [0.15, 0.2) is 0 Å². The molecule has 0 bridgehead atoms. The zero-order chi connectivity index (χ0) is 13.0. The molecule has 6 heteroatoms. The minimum absolute atomic E-state index is 0.352. The Morgan fingerprint density at radius 3 is 2.67 bits per heavy atom. The van der Waals surface area contributed by atoms with Gasteiger partial charge in [0.25, 0.3) is 5.91 Å². The summed E-state index contributed by atoms with van der Waals surface area (Å²) in [4.78, 5) is 37.8. The van der Waals surface area contributed by atoms with E-state index in [4.69, 9.17) is 5.73 Å². The van der Waals surface area contributed by atoms with E-state index >= 15 is 0 Å². The van der Waals surface area contributed by atoms with Crippen LogP contribution in [0.5, 0.6) is 0 Å². The highest BCUT2D eigenvalue weighted by Gasteiger charge is 2.48. The summed E-state index contributed by atoms with van der Waals surface area (Å²) in [5.41, 5.74) is 7.68. The van der Waals surface area contributed by atoms with Crippen molar-refractivity contribution in [3.8, 4) is 0 Å². The van der Waals surface area contributed by atoms with Crippen molar-refractivity contribution in [2.75, 3.05) is 17.7 Å². The Labute approximate surface area is 103 Å². The standard InChI is InChI=1S/C12H11N3O3/c1-14-10(16)9-5-6-4-7(13)2-3-8(6)15(9)12(18)11(14)17/h2-4,9H,5,13H2,1H3. The van der Waals surface area contributed by atoms with Gasteiger partial charge >= 0.3 is 11.8 Å². The van der Waals surface area contributed by atoms with Gasteiger partial charge in [-0.15, -0.1) is 0 Å². The van der Waals surface area contributed by atoms with Crippen molar-refractivity contribution >= 4 is 29.1 Å². The maximum atomic E-state index is 12.0. The minimum atomic E-state index is -0.791. The third-order valence-corrected chi connectivity index (χ3v) is 3.41. The highest BCUT2D eigenvalue weighted by molar-refractivity contribution is 6.46. The van der Waals surface area contributed by atoms with Crippen LogP contribution in [0.3, 0.4) is 0 Å². The highest BCUT2D eigenvalue weighted by atomic mass is 16.2. The number of nitrogens with two attached hydrogens (primary N) is 1. The molecule has 3 rings (SSSR count). The lowest BCUT2D eigenvalue weighted by Gasteiger charge is -2.32. The average Bonchev–Trinajstić information content (AvgIpc) is 2.72. The van der Waals surface area contributed by atoms with Gasteiger partial charge in [-0.3, -0.25) is 24.2 Å². The molecule has 2 N–H and O–H groups in total. The lowest BCUT2D eigenvalue weighted by Crippen LogP contribution is -2.60. The van der Waals surface area contributed by atoms with E-state index in [2.05, 4.69) is 0 Å². The second-order valence-corrected chi connectivity index (χ2v) is 4.49. The Hall–Kier alpha value is -2.37. The molecule has 1 saturated heterocycles. The second kappa shape index (κ2) is 3.32. The molecular weight excluding hydrogens is 234 g/mol. The molecule has 1 unspecified atom stereocenters. The van der Waals surface area contributed by atoms with Crippen molar-refractivity contribution in [2.24, 2.45) is 0 Å². The number of fused-ring (bicyclic) bond motifs is 3. The summed E-state index contributed by atoms with van der Waals surface area (Å²) in [6.45, 7) is 0. The molecule has 2 aliphatic heterocycles. The summed E-state index contributed by atoms with van der Waals surface area (Å²) in [6.07, 6.45) is 0.405. The molecule has 18 heavy (non-hydrogen) atoms. The van der Waals surface area contributed by atoms with Crippen molar-refractivity contribution in [2.45, 2.75) is 12.5 Å². The largest absolute Gasteiger partial charge is 0.399 e. The van der Waals surface area contributed by atoms with E-state index in [-0.39, 0.29) is 5.91 Å². The van der Waals surface area contributed by atoms with Gasteiger partial charge < -0.3 is 5.73 Å². The van der Waals surface area contributed by atoms with Crippen LogP contribution in [0.15, 0.2) is 18.2 Å². The number of carbonyl (C=O) groups excluding carboxylic acids is 3. The van der Waals surface area contributed by atoms with E-state index in [0.717, 1.165) is 10.5 Å². The first-order valence-electron chi connectivity index (χ1n) is 5.54. The molecule has 1 atom stereocenters. The van der Waals surface area contributed by atoms with Gasteiger partial charge in [-0.1, -0.05) is 0 Å². The monoisotopic (exact) mass is 245 g/mol. The van der Waals surface area contributed by atoms with Crippen LogP contribution >= 0.6 is 0 Å². The number of benzene rings is 1. The fraction of sp³-hybridized carbons (Fsp3) is 0.250. The van der Waals surface area contributed by atoms with Gasteiger partial charge in [-0.05, 0) is 23.8 Å². The van der Waals surface area contributed by atoms with Crippen LogP contribution in [-0.4, -0.2) is 35.7 Å². The van der Waals surface area contributed by atoms with E-state index < -0.39 is 17.9 Å². The first-order valence-corrected chi connectivity index (χ1v) is 5.54. The molecular formula is C12H11N3O3. The molecule has 1 aromatic carbocycles. The molecule has 92 valence electrons. The van der Waals surface area contributed by atoms with E-state index in [1.807, 2.05) is 0 Å². The number of piperazine rings is 1. The van der Waals surface area contributed by atoms with Gasteiger partial charge in [0.2, 0.25) is 0 Å². The molecule has 0 aliphatic carbocycles. The van der Waals surface area contributed by atoms with Crippen LogP contribution in [0, 0.1) is 0 Å². The molecule has 1 aromatic rings. The topological polar surface area (TPSA) is 83.7 Å². The number of anilines is 2. The van der Waals surface area contributed by atoms with Gasteiger partial charge in [-0.2, -0.15) is 0 Å². The number of imide groups is 1. The number of amides is 3. The first kappa shape index (κ1) is 10.8. The number of hydrogen-bond acceptors (Lipinski definition) is 4. The normalized spacial score (nSPS) is 22.3. The summed E-state index contributed by atoms with van der Waals surface area (Å²) in [6, 6.07) is 4.45. The van der Waals surface area contributed by atoms with Crippen molar-refractivity contribution in [1.29, 1.82) is 0 Å². The Kier molecular flexibility index (Phi) is 1.98. The second-order valence-electron chi connectivity index (χ2n) is 4.49. The molecule has 0 radical (unpaired) electrons. The van der Waals surface area contributed by atoms with Crippen LogP contribution in [0.1, 0.15) is 5.56 Å². The van der Waals surface area contributed by atoms with E-state index in [9.17, 15) is 14.4 Å². The van der Waals surface area contributed by atoms with Crippen molar-refractivity contribution in [3.63, 3.8) is 0 Å². The number of nitrogens with zero attached hydrogens (tertiary/aromatic N) is 2. The lowest BCUT2D eigenvalue weighted by molar-refractivity contribution is -0.154. The molecule has 2 aliphatic rings. The van der Waals surface area contributed by atoms with Gasteiger partial charge in [0.05, 0.1) is 0 Å². The predicted molar refractivity (Wildman–Crippen MR) is 63.6 cm³/mol. The Morgan fingerprint density at radius 2 is 1.94 bits per heavy atom. The van der Waals surface area contributed by atoms with Crippen LogP contribution in [0.2, 0.25) is 0 Å². The fourth-order valence-electron chi connectivity index (χ4n) is 2.49. The quantitative estimate of drug-likeness (QED) is 0.380. The average molecular weight is 245 g/mol. The van der Waals surface area contributed by atoms with Crippen LogP contribution in [0.25, 0.3) is 0 Å². The number of hydrogen-bond donors (Lipinski definition) is 1. The maximum Gasteiger partial charge on any atom is 0.318 e. The van der Waals surface area contributed by atoms with E-state index in [1.165, 1.54) is 11.9 Å². The summed E-state index contributed by atoms with van der Waals surface area (Å²) in [5.74, 6) is -1.80. The zero-order valence-corrected chi connectivity index (χ0v) is 9.71. The SMILES string of the molecule is CN1C(=O)C(=O)N2c3ccc(N)cc3CC2C1=O. The number of nitrogen functional groups attached to an aromatic ring is 1. The molecule has 3 amide bonds. The number of likely N-dealkylation sites (N-methyl/N-ethyl adjacent to an activating group) is 1. The van der Waals surface area contributed by atoms with Crippen molar-refractivity contribution in [1.82, 2.24) is 4.90 Å². The van der Waals surface area contributed by atoms with Gasteiger partial charge in [0, 0.05) is 24.8 Å². The summed E-state index contributed by atoms with van der Waals surface area (Å²) < 4.78 is 0. The Bertz CT molecular complexity index is 596. The van der Waals surface area contributed by atoms with E-state index in [0.29, 0.717) is 17.8 Å². The fourth-order valence-corrected chi connectivity index (χ4v) is 2.49. The number of rotatable bonds is 0. The summed E-state index contributed by atoms with van der Waals surface area (Å²) >= 11 is 0. The lowest BCUT2D eigenvalue weighted by atomic mass is 10.1. The van der Waals surface area contributed by atoms with Gasteiger partial charge in [-0.25, -0.2) is 0 Å². The third kappa shape index (κ3) is 1.20. The van der Waals surface area contributed by atoms with Gasteiger partial charge in [0.1, 0.15) is 6.04 Å². The molecule has 1 fully saturated rings. The molecule has 2 heterocycles. The van der Waals surface area contributed by atoms with Crippen LogP contribution in [0.4, 0.5) is 11.4 Å². The van der Waals surface area contributed by atoms with Crippen LogP contribution < -0.4 is 10.6 Å². The van der Waals surface area contributed by atoms with Crippen LogP contribution in [-0.2, 0) is 20.8 Å². The highest BCUT2D eigenvalue weighted by Crippen LogP contribution is 2.36. The first-order chi connectivity index (χ1) is 8.50. The Balaban J connectivity index is 2.13. The third-order valence-electron chi connectivity index (χ3n) is 3.41. The maximum absolute atomic E-state index is 12.0. The minimum Gasteiger partial charge on any atom is -0.399 e. The van der Waals surface area contributed by atoms with Crippen molar-refractivity contribution < 1.29 is 14.4 Å². The van der Waals surface area contributed by atoms with Crippen molar-refractivity contribution in [3.05, 3.63) is 23.8 Å². The zero-order valence-electron chi connectivity index (χ0n) is 9.71. The summed E-state index contributed by atoms with van der Waals surface area (Å²) in [7, 11) is 1.33. The molecule has 6 nitrogen and oxygen atoms in total. The molecule has 0 aromatic heterocycles. The summed E-state index contributed by atoms with van der Waals surface area (Å²) in [5, 5.41) is 0. The Morgan fingerprint density at radius 1 is 1.22 bits per heavy atom. The van der Waals surface area contributed by atoms with E-state index in [1.54, 1.807) is 18.2 Å². The smallest absolute Gasteiger partial charge is 0.318 e.